The average molecular weight is 176 g/mol. The van der Waals surface area contributed by atoms with E-state index in [0.29, 0.717) is 0 Å². The molecule has 1 saturated carbocycles. The summed E-state index contributed by atoms with van der Waals surface area (Å²) in [5.74, 6) is 0. The van der Waals surface area contributed by atoms with Crippen molar-refractivity contribution in [1.29, 1.82) is 0 Å². The zero-order valence-electron chi connectivity index (χ0n) is 8.09. The Kier molecular flexibility index (Phi) is 2.12. The van der Waals surface area contributed by atoms with Gasteiger partial charge in [0.2, 0.25) is 0 Å². The minimum atomic E-state index is -0.522. The lowest BCUT2D eigenvalue weighted by molar-refractivity contribution is 0.0444. The molecule has 1 nitrogen and oxygen atoms in total. The van der Waals surface area contributed by atoms with Gasteiger partial charge in [-0.3, -0.25) is 0 Å². The zero-order chi connectivity index (χ0) is 9.31. The van der Waals surface area contributed by atoms with E-state index in [2.05, 4.69) is 19.1 Å². The molecule has 1 aliphatic rings. The largest absolute Gasteiger partial charge is 0.385 e. The molecule has 2 rings (SSSR count). The van der Waals surface area contributed by atoms with E-state index in [4.69, 9.17) is 0 Å². The predicted molar refractivity (Wildman–Crippen MR) is 53.5 cm³/mol. The highest BCUT2D eigenvalue weighted by Gasteiger charge is 2.32. The molecule has 0 atom stereocenters. The molecule has 1 aromatic rings. The Morgan fingerprint density at radius 3 is 2.54 bits per heavy atom. The van der Waals surface area contributed by atoms with Crippen LogP contribution in [0.3, 0.4) is 0 Å². The van der Waals surface area contributed by atoms with Crippen LogP contribution in [0.5, 0.6) is 0 Å². The minimum absolute atomic E-state index is 0.522. The van der Waals surface area contributed by atoms with Gasteiger partial charge in [0.1, 0.15) is 0 Å². The Labute approximate surface area is 79.4 Å². The fraction of sp³-hybridized carbons (Fsp3) is 0.500. The smallest absolute Gasteiger partial charge is 0.0896 e. The summed E-state index contributed by atoms with van der Waals surface area (Å²) in [5, 5.41) is 10.3. The van der Waals surface area contributed by atoms with Crippen molar-refractivity contribution in [3.8, 4) is 0 Å². The molecule has 1 N–H and O–H groups in total. The van der Waals surface area contributed by atoms with Gasteiger partial charge in [-0.1, -0.05) is 42.7 Å². The predicted octanol–water partition coefficient (Wildman–Crippen LogP) is 2.76. The van der Waals surface area contributed by atoms with Gasteiger partial charge in [0.15, 0.2) is 0 Å². The molecule has 1 aliphatic carbocycles. The summed E-state index contributed by atoms with van der Waals surface area (Å²) >= 11 is 0. The molecule has 1 fully saturated rings. The van der Waals surface area contributed by atoms with Crippen molar-refractivity contribution in [2.45, 2.75) is 38.2 Å². The molecule has 0 amide bonds. The van der Waals surface area contributed by atoms with Gasteiger partial charge in [-0.2, -0.15) is 0 Å². The third-order valence-electron chi connectivity index (χ3n) is 2.99. The van der Waals surface area contributed by atoms with Crippen molar-refractivity contribution in [1.82, 2.24) is 0 Å². The average Bonchev–Trinajstić information content (AvgIpc) is 2.54. The standard InChI is InChI=1S/C12H16O/c1-10-5-4-6-11(9-10)12(13)7-2-3-8-12/h4-6,9,13H,2-3,7-8H2,1H3. The van der Waals surface area contributed by atoms with Gasteiger partial charge in [0, 0.05) is 0 Å². The number of hydrogen-bond donors (Lipinski definition) is 1. The lowest BCUT2D eigenvalue weighted by Crippen LogP contribution is -2.20. The van der Waals surface area contributed by atoms with E-state index in [-0.39, 0.29) is 0 Å². The van der Waals surface area contributed by atoms with Crippen LogP contribution in [0.25, 0.3) is 0 Å². The van der Waals surface area contributed by atoms with Crippen molar-refractivity contribution in [2.24, 2.45) is 0 Å². The number of rotatable bonds is 1. The first kappa shape index (κ1) is 8.76. The Bertz CT molecular complexity index is 298. The Morgan fingerprint density at radius 1 is 1.23 bits per heavy atom. The highest BCUT2D eigenvalue weighted by molar-refractivity contribution is 5.28. The summed E-state index contributed by atoms with van der Waals surface area (Å²) in [6.45, 7) is 2.07. The van der Waals surface area contributed by atoms with Gasteiger partial charge in [0.25, 0.3) is 0 Å². The van der Waals surface area contributed by atoms with Crippen LogP contribution in [-0.4, -0.2) is 5.11 Å². The zero-order valence-corrected chi connectivity index (χ0v) is 8.09. The van der Waals surface area contributed by atoms with Gasteiger partial charge in [-0.05, 0) is 25.3 Å². The highest BCUT2D eigenvalue weighted by atomic mass is 16.3. The van der Waals surface area contributed by atoms with Crippen LogP contribution < -0.4 is 0 Å². The monoisotopic (exact) mass is 176 g/mol. The molecule has 0 unspecified atom stereocenters. The van der Waals surface area contributed by atoms with Gasteiger partial charge in [-0.25, -0.2) is 0 Å². The van der Waals surface area contributed by atoms with Crippen LogP contribution in [0.15, 0.2) is 24.3 Å². The number of aryl methyl sites for hydroxylation is 1. The molecule has 0 radical (unpaired) electrons. The normalized spacial score (nSPS) is 20.5. The lowest BCUT2D eigenvalue weighted by atomic mass is 9.91. The van der Waals surface area contributed by atoms with Gasteiger partial charge in [0.05, 0.1) is 5.60 Å². The van der Waals surface area contributed by atoms with Crippen LogP contribution in [-0.2, 0) is 5.60 Å². The molecule has 0 spiro atoms. The molecule has 0 saturated heterocycles. The van der Waals surface area contributed by atoms with Crippen LogP contribution in [0.4, 0.5) is 0 Å². The second-order valence-corrected chi connectivity index (χ2v) is 4.11. The second kappa shape index (κ2) is 3.15. The number of aliphatic hydroxyl groups is 1. The fourth-order valence-electron chi connectivity index (χ4n) is 2.18. The molecule has 0 aromatic heterocycles. The van der Waals surface area contributed by atoms with Crippen LogP contribution in [0.1, 0.15) is 36.8 Å². The SMILES string of the molecule is Cc1cccc(C2(O)CCCC2)c1. The van der Waals surface area contributed by atoms with Gasteiger partial charge in [-0.15, -0.1) is 0 Å². The number of benzene rings is 1. The quantitative estimate of drug-likeness (QED) is 0.697. The van der Waals surface area contributed by atoms with Crippen molar-refractivity contribution < 1.29 is 5.11 Å². The molecule has 0 heterocycles. The summed E-state index contributed by atoms with van der Waals surface area (Å²) < 4.78 is 0. The lowest BCUT2D eigenvalue weighted by Gasteiger charge is -2.22. The summed E-state index contributed by atoms with van der Waals surface area (Å²) in [7, 11) is 0. The van der Waals surface area contributed by atoms with E-state index in [9.17, 15) is 5.11 Å². The Hall–Kier alpha value is -0.820. The molecular weight excluding hydrogens is 160 g/mol. The highest BCUT2D eigenvalue weighted by Crippen LogP contribution is 2.38. The molecule has 0 aliphatic heterocycles. The molecular formula is C12H16O. The van der Waals surface area contributed by atoms with E-state index in [1.54, 1.807) is 0 Å². The summed E-state index contributed by atoms with van der Waals surface area (Å²) in [6, 6.07) is 8.24. The van der Waals surface area contributed by atoms with Crippen LogP contribution in [0, 0.1) is 6.92 Å². The third kappa shape index (κ3) is 1.61. The summed E-state index contributed by atoms with van der Waals surface area (Å²) in [6.07, 6.45) is 4.17. The molecule has 1 heteroatoms. The molecule has 13 heavy (non-hydrogen) atoms. The molecule has 70 valence electrons. The van der Waals surface area contributed by atoms with Crippen molar-refractivity contribution in [2.75, 3.05) is 0 Å². The van der Waals surface area contributed by atoms with E-state index >= 15 is 0 Å². The van der Waals surface area contributed by atoms with Crippen molar-refractivity contribution in [3.63, 3.8) is 0 Å². The van der Waals surface area contributed by atoms with E-state index in [1.807, 2.05) is 12.1 Å². The summed E-state index contributed by atoms with van der Waals surface area (Å²) in [5.41, 5.74) is 1.81. The molecule has 1 aromatic carbocycles. The van der Waals surface area contributed by atoms with Gasteiger partial charge >= 0.3 is 0 Å². The fourth-order valence-corrected chi connectivity index (χ4v) is 2.18. The van der Waals surface area contributed by atoms with E-state index in [0.717, 1.165) is 31.2 Å². The Balaban J connectivity index is 2.33. The first-order chi connectivity index (χ1) is 6.21. The topological polar surface area (TPSA) is 20.2 Å². The maximum atomic E-state index is 10.3. The third-order valence-corrected chi connectivity index (χ3v) is 2.99. The van der Waals surface area contributed by atoms with Gasteiger partial charge < -0.3 is 5.11 Å². The maximum absolute atomic E-state index is 10.3. The maximum Gasteiger partial charge on any atom is 0.0896 e. The number of hydrogen-bond acceptors (Lipinski definition) is 1. The first-order valence-corrected chi connectivity index (χ1v) is 5.00. The van der Waals surface area contributed by atoms with Crippen LogP contribution >= 0.6 is 0 Å². The Morgan fingerprint density at radius 2 is 1.92 bits per heavy atom. The summed E-state index contributed by atoms with van der Waals surface area (Å²) in [4.78, 5) is 0. The molecule has 0 bridgehead atoms. The van der Waals surface area contributed by atoms with Crippen molar-refractivity contribution in [3.05, 3.63) is 35.4 Å². The van der Waals surface area contributed by atoms with Crippen LogP contribution in [0.2, 0.25) is 0 Å². The van der Waals surface area contributed by atoms with Crippen molar-refractivity contribution >= 4 is 0 Å². The van der Waals surface area contributed by atoms with E-state index < -0.39 is 5.60 Å². The van der Waals surface area contributed by atoms with E-state index in [1.165, 1.54) is 5.56 Å². The minimum Gasteiger partial charge on any atom is -0.385 e. The first-order valence-electron chi connectivity index (χ1n) is 5.00. The second-order valence-electron chi connectivity index (χ2n) is 4.11.